The highest BCUT2D eigenvalue weighted by atomic mass is 15.0. The van der Waals surface area contributed by atoms with E-state index in [1.165, 1.54) is 65.3 Å². The summed E-state index contributed by atoms with van der Waals surface area (Å²) in [7, 11) is 0. The lowest BCUT2D eigenvalue weighted by Gasteiger charge is -2.16. The molecule has 0 spiro atoms. The van der Waals surface area contributed by atoms with Gasteiger partial charge in [0, 0.05) is 27.5 Å². The van der Waals surface area contributed by atoms with Gasteiger partial charge in [-0.2, -0.15) is 0 Å². The van der Waals surface area contributed by atoms with Crippen molar-refractivity contribution in [3.8, 4) is 50.7 Å². The van der Waals surface area contributed by atoms with E-state index in [4.69, 9.17) is 9.97 Å². The summed E-state index contributed by atoms with van der Waals surface area (Å²) >= 11 is 0. The van der Waals surface area contributed by atoms with E-state index in [1.807, 2.05) is 18.2 Å². The van der Waals surface area contributed by atoms with E-state index in [1.54, 1.807) is 0 Å². The highest BCUT2D eigenvalue weighted by Crippen LogP contribution is 2.41. The molecule has 0 aliphatic carbocycles. The second-order valence-electron chi connectivity index (χ2n) is 14.1. The molecular formula is C52H33N3. The fraction of sp³-hybridized carbons (Fsp3) is 0. The SMILES string of the molecule is c1ccc(-c2nc(-c3ccc(-c4c5ccccc5cc5c4ccc4ccccc45)cc3)cc(-c3ccccc3-n3c4ccccc4c4ccccc43)n2)cc1. The Morgan fingerprint density at radius 1 is 0.327 bits per heavy atom. The average Bonchev–Trinajstić information content (AvgIpc) is 3.60. The first-order valence-electron chi connectivity index (χ1n) is 18.7. The Kier molecular flexibility index (Phi) is 7.17. The minimum atomic E-state index is 0.695. The van der Waals surface area contributed by atoms with Gasteiger partial charge >= 0.3 is 0 Å². The van der Waals surface area contributed by atoms with Crippen molar-refractivity contribution in [1.29, 1.82) is 0 Å². The predicted molar refractivity (Wildman–Crippen MR) is 231 cm³/mol. The number of aromatic nitrogens is 3. The van der Waals surface area contributed by atoms with E-state index in [0.29, 0.717) is 5.82 Å². The van der Waals surface area contributed by atoms with Crippen LogP contribution in [0.2, 0.25) is 0 Å². The van der Waals surface area contributed by atoms with Crippen molar-refractivity contribution in [3.05, 3.63) is 200 Å². The number of hydrogen-bond acceptors (Lipinski definition) is 2. The Bertz CT molecular complexity index is 3200. The van der Waals surface area contributed by atoms with Gasteiger partial charge in [-0.3, -0.25) is 0 Å². The van der Waals surface area contributed by atoms with Crippen molar-refractivity contribution in [1.82, 2.24) is 14.5 Å². The molecule has 0 unspecified atom stereocenters. The van der Waals surface area contributed by atoms with E-state index in [0.717, 1.165) is 33.8 Å². The summed E-state index contributed by atoms with van der Waals surface area (Å²) in [5.41, 5.74) is 10.6. The number of nitrogens with zero attached hydrogens (tertiary/aromatic N) is 3. The Balaban J connectivity index is 1.10. The van der Waals surface area contributed by atoms with Crippen LogP contribution in [0.25, 0.3) is 105 Å². The molecule has 0 saturated heterocycles. The molecule has 55 heavy (non-hydrogen) atoms. The highest BCUT2D eigenvalue weighted by Gasteiger charge is 2.18. The molecule has 0 saturated carbocycles. The quantitative estimate of drug-likeness (QED) is 0.132. The molecular weight excluding hydrogens is 667 g/mol. The van der Waals surface area contributed by atoms with Gasteiger partial charge in [-0.05, 0) is 73.8 Å². The molecule has 0 radical (unpaired) electrons. The van der Waals surface area contributed by atoms with Gasteiger partial charge in [0.1, 0.15) is 0 Å². The first kappa shape index (κ1) is 31.2. The Labute approximate surface area is 318 Å². The molecule has 9 aromatic carbocycles. The molecule has 2 aromatic heterocycles. The summed E-state index contributed by atoms with van der Waals surface area (Å²) in [5.74, 6) is 0.695. The van der Waals surface area contributed by atoms with Gasteiger partial charge in [0.25, 0.3) is 0 Å². The van der Waals surface area contributed by atoms with E-state index >= 15 is 0 Å². The maximum absolute atomic E-state index is 5.26. The summed E-state index contributed by atoms with van der Waals surface area (Å²) in [4.78, 5) is 10.5. The molecule has 11 aromatic rings. The van der Waals surface area contributed by atoms with Crippen molar-refractivity contribution in [3.63, 3.8) is 0 Å². The van der Waals surface area contributed by atoms with Crippen LogP contribution < -0.4 is 0 Å². The highest BCUT2D eigenvalue weighted by molar-refractivity contribution is 6.20. The van der Waals surface area contributed by atoms with Crippen molar-refractivity contribution in [2.75, 3.05) is 0 Å². The third-order valence-electron chi connectivity index (χ3n) is 11.0. The molecule has 11 rings (SSSR count). The summed E-state index contributed by atoms with van der Waals surface area (Å²) in [6, 6.07) is 71.5. The lowest BCUT2D eigenvalue weighted by Crippen LogP contribution is -2.00. The van der Waals surface area contributed by atoms with Crippen LogP contribution in [0.5, 0.6) is 0 Å². The number of benzene rings is 9. The lowest BCUT2D eigenvalue weighted by atomic mass is 9.89. The van der Waals surface area contributed by atoms with Crippen LogP contribution in [0, 0.1) is 0 Å². The first-order valence-corrected chi connectivity index (χ1v) is 18.7. The largest absolute Gasteiger partial charge is 0.309 e. The van der Waals surface area contributed by atoms with Crippen molar-refractivity contribution < 1.29 is 0 Å². The molecule has 2 heterocycles. The summed E-state index contributed by atoms with van der Waals surface area (Å²) in [6.45, 7) is 0. The second kappa shape index (κ2) is 12.6. The number of rotatable bonds is 5. The molecule has 0 atom stereocenters. The van der Waals surface area contributed by atoms with Crippen LogP contribution in [0.4, 0.5) is 0 Å². The Hall–Kier alpha value is -7.36. The maximum Gasteiger partial charge on any atom is 0.160 e. The van der Waals surface area contributed by atoms with Crippen LogP contribution in [0.15, 0.2) is 200 Å². The normalized spacial score (nSPS) is 11.6. The summed E-state index contributed by atoms with van der Waals surface area (Å²) in [5, 5.41) is 9.98. The average molecular weight is 700 g/mol. The van der Waals surface area contributed by atoms with Crippen LogP contribution in [0.3, 0.4) is 0 Å². The first-order chi connectivity index (χ1) is 27.3. The summed E-state index contributed by atoms with van der Waals surface area (Å²) in [6.07, 6.45) is 0. The monoisotopic (exact) mass is 699 g/mol. The predicted octanol–water partition coefficient (Wildman–Crippen LogP) is 13.7. The second-order valence-corrected chi connectivity index (χ2v) is 14.1. The molecule has 0 aliphatic heterocycles. The van der Waals surface area contributed by atoms with Crippen molar-refractivity contribution >= 4 is 54.1 Å². The standard InChI is InChI=1S/C52H33N3/c1-2-15-37(16-3-1)52-53-46(33-47(54-52)44-22-10-13-25-50(44)55-48-23-11-8-20-41(48)42-21-9-12-24-49(42)55)35-26-28-36(29-27-35)51-40-19-7-5-17-38(40)32-45-39-18-6-4-14-34(39)30-31-43(45)51/h1-33H. The third-order valence-corrected chi connectivity index (χ3v) is 11.0. The number of para-hydroxylation sites is 3. The van der Waals surface area contributed by atoms with Gasteiger partial charge in [0.05, 0.1) is 28.1 Å². The third kappa shape index (κ3) is 5.13. The van der Waals surface area contributed by atoms with Gasteiger partial charge < -0.3 is 4.57 Å². The van der Waals surface area contributed by atoms with Crippen molar-refractivity contribution in [2.24, 2.45) is 0 Å². The fourth-order valence-electron chi connectivity index (χ4n) is 8.46. The Morgan fingerprint density at radius 3 is 1.67 bits per heavy atom. The number of fused-ring (bicyclic) bond motifs is 7. The minimum Gasteiger partial charge on any atom is -0.309 e. The van der Waals surface area contributed by atoms with Crippen LogP contribution in [-0.4, -0.2) is 14.5 Å². The Morgan fingerprint density at radius 2 is 0.909 bits per heavy atom. The van der Waals surface area contributed by atoms with Gasteiger partial charge in [0.15, 0.2) is 5.82 Å². The molecule has 256 valence electrons. The fourth-order valence-corrected chi connectivity index (χ4v) is 8.46. The zero-order valence-corrected chi connectivity index (χ0v) is 29.9. The number of hydrogen-bond donors (Lipinski definition) is 0. The molecule has 0 N–H and O–H groups in total. The molecule has 0 bridgehead atoms. The molecule has 0 fully saturated rings. The van der Waals surface area contributed by atoms with Gasteiger partial charge in [-0.1, -0.05) is 170 Å². The van der Waals surface area contributed by atoms with Crippen LogP contribution >= 0.6 is 0 Å². The van der Waals surface area contributed by atoms with Crippen molar-refractivity contribution in [2.45, 2.75) is 0 Å². The van der Waals surface area contributed by atoms with E-state index in [9.17, 15) is 0 Å². The van der Waals surface area contributed by atoms with E-state index in [2.05, 4.69) is 187 Å². The van der Waals surface area contributed by atoms with Crippen LogP contribution in [-0.2, 0) is 0 Å². The minimum absolute atomic E-state index is 0.695. The zero-order valence-electron chi connectivity index (χ0n) is 29.9. The van der Waals surface area contributed by atoms with Crippen LogP contribution in [0.1, 0.15) is 0 Å². The topological polar surface area (TPSA) is 30.7 Å². The molecule has 0 amide bonds. The molecule has 3 heteroatoms. The molecule has 0 aliphatic rings. The van der Waals surface area contributed by atoms with Gasteiger partial charge in [0.2, 0.25) is 0 Å². The van der Waals surface area contributed by atoms with Gasteiger partial charge in [-0.15, -0.1) is 0 Å². The zero-order chi connectivity index (χ0) is 36.3. The lowest BCUT2D eigenvalue weighted by molar-refractivity contribution is 1.15. The van der Waals surface area contributed by atoms with Gasteiger partial charge in [-0.25, -0.2) is 9.97 Å². The maximum atomic E-state index is 5.26. The molecule has 3 nitrogen and oxygen atoms in total. The van der Waals surface area contributed by atoms with E-state index in [-0.39, 0.29) is 0 Å². The summed E-state index contributed by atoms with van der Waals surface area (Å²) < 4.78 is 2.37. The smallest absolute Gasteiger partial charge is 0.160 e. The van der Waals surface area contributed by atoms with E-state index < -0.39 is 0 Å².